The summed E-state index contributed by atoms with van der Waals surface area (Å²) < 4.78 is 28.8. The summed E-state index contributed by atoms with van der Waals surface area (Å²) in [5.41, 5.74) is 0.553. The minimum Gasteiger partial charge on any atom is -0.390 e. The maximum absolute atomic E-state index is 12.3. The van der Waals surface area contributed by atoms with Gasteiger partial charge in [0.25, 0.3) is 10.0 Å². The fourth-order valence-electron chi connectivity index (χ4n) is 1.86. The van der Waals surface area contributed by atoms with Crippen LogP contribution in [0.3, 0.4) is 0 Å². The summed E-state index contributed by atoms with van der Waals surface area (Å²) in [6.07, 6.45) is 2.22. The largest absolute Gasteiger partial charge is 0.390 e. The first-order valence-corrected chi connectivity index (χ1v) is 8.84. The van der Waals surface area contributed by atoms with Gasteiger partial charge in [-0.05, 0) is 26.3 Å². The Morgan fingerprint density at radius 3 is 2.62 bits per heavy atom. The van der Waals surface area contributed by atoms with E-state index in [0.29, 0.717) is 12.1 Å². The molecule has 2 aromatic rings. The summed E-state index contributed by atoms with van der Waals surface area (Å²) >= 11 is 1.21. The Bertz CT molecular complexity index is 719. The number of aromatic nitrogens is 3. The third kappa shape index (κ3) is 3.42. The van der Waals surface area contributed by atoms with Crippen LogP contribution in [0.1, 0.15) is 37.5 Å². The number of aliphatic hydroxyl groups excluding tert-OH is 1. The molecular weight excluding hydrogens is 312 g/mol. The Balaban J connectivity index is 2.31. The predicted molar refractivity (Wildman–Crippen MR) is 80.8 cm³/mol. The van der Waals surface area contributed by atoms with Crippen molar-refractivity contribution in [2.75, 3.05) is 4.72 Å². The number of aliphatic hydroxyl groups is 1. The van der Waals surface area contributed by atoms with Gasteiger partial charge in [-0.25, -0.2) is 8.42 Å². The van der Waals surface area contributed by atoms with Gasteiger partial charge >= 0.3 is 0 Å². The van der Waals surface area contributed by atoms with Gasteiger partial charge in [0.05, 0.1) is 6.61 Å². The fraction of sp³-hybridized carbons (Fsp3) is 0.500. The number of hydrogen-bond acceptors (Lipinski definition) is 6. The van der Waals surface area contributed by atoms with E-state index in [1.165, 1.54) is 23.6 Å². The topological polar surface area (TPSA) is 97.1 Å². The molecule has 0 radical (unpaired) electrons. The molecule has 0 amide bonds. The molecule has 0 unspecified atom stereocenters. The van der Waals surface area contributed by atoms with Crippen molar-refractivity contribution in [1.29, 1.82) is 0 Å². The van der Waals surface area contributed by atoms with E-state index < -0.39 is 10.0 Å². The second-order valence-electron chi connectivity index (χ2n) is 4.79. The highest BCUT2D eigenvalue weighted by Gasteiger charge is 2.21. The second-order valence-corrected chi connectivity index (χ2v) is 7.53. The van der Waals surface area contributed by atoms with Crippen LogP contribution < -0.4 is 4.72 Å². The SMILES string of the molecule is CCc1nnc(NS(=O)(=O)c2cc(CO)n(C(C)C)c2)s1. The summed E-state index contributed by atoms with van der Waals surface area (Å²) in [7, 11) is -3.73. The Kier molecular flexibility index (Phi) is 4.64. The zero-order valence-electron chi connectivity index (χ0n) is 12.1. The van der Waals surface area contributed by atoms with Crippen molar-refractivity contribution in [1.82, 2.24) is 14.8 Å². The number of sulfonamides is 1. The van der Waals surface area contributed by atoms with Gasteiger partial charge in [0.1, 0.15) is 9.90 Å². The Labute approximate surface area is 127 Å². The molecular formula is C12H18N4O3S2. The summed E-state index contributed by atoms with van der Waals surface area (Å²) in [4.78, 5) is 0.105. The number of rotatable bonds is 6. The van der Waals surface area contributed by atoms with Crippen molar-refractivity contribution >= 4 is 26.5 Å². The van der Waals surface area contributed by atoms with Gasteiger partial charge in [-0.1, -0.05) is 18.3 Å². The Morgan fingerprint density at radius 2 is 2.14 bits per heavy atom. The maximum atomic E-state index is 12.3. The molecule has 0 bridgehead atoms. The second kappa shape index (κ2) is 6.12. The van der Waals surface area contributed by atoms with Crippen LogP contribution in [0.15, 0.2) is 17.2 Å². The van der Waals surface area contributed by atoms with Gasteiger partial charge in [-0.15, -0.1) is 10.2 Å². The lowest BCUT2D eigenvalue weighted by Gasteiger charge is -2.10. The number of aryl methyl sites for hydroxylation is 1. The lowest BCUT2D eigenvalue weighted by atomic mass is 10.3. The van der Waals surface area contributed by atoms with Crippen LogP contribution in [0.5, 0.6) is 0 Å². The van der Waals surface area contributed by atoms with Crippen LogP contribution in [0.25, 0.3) is 0 Å². The summed E-state index contributed by atoms with van der Waals surface area (Å²) in [6, 6.07) is 1.52. The molecule has 2 heterocycles. The highest BCUT2D eigenvalue weighted by Crippen LogP contribution is 2.23. The predicted octanol–water partition coefficient (Wildman–Crippen LogP) is 1.78. The summed E-state index contributed by atoms with van der Waals surface area (Å²) in [5, 5.41) is 18.0. The molecule has 2 rings (SSSR count). The lowest BCUT2D eigenvalue weighted by molar-refractivity contribution is 0.268. The van der Waals surface area contributed by atoms with E-state index >= 15 is 0 Å². The molecule has 9 heteroatoms. The van der Waals surface area contributed by atoms with E-state index in [0.717, 1.165) is 5.01 Å². The zero-order chi connectivity index (χ0) is 15.6. The van der Waals surface area contributed by atoms with Crippen molar-refractivity contribution in [3.63, 3.8) is 0 Å². The molecule has 2 N–H and O–H groups in total. The highest BCUT2D eigenvalue weighted by molar-refractivity contribution is 7.93. The van der Waals surface area contributed by atoms with Crippen molar-refractivity contribution in [2.45, 2.75) is 44.7 Å². The minimum absolute atomic E-state index is 0.0596. The zero-order valence-corrected chi connectivity index (χ0v) is 13.7. The van der Waals surface area contributed by atoms with Crippen LogP contribution in [-0.2, 0) is 23.1 Å². The average molecular weight is 330 g/mol. The van der Waals surface area contributed by atoms with Crippen LogP contribution in [0.2, 0.25) is 0 Å². The average Bonchev–Trinajstić information content (AvgIpc) is 3.04. The first kappa shape index (κ1) is 15.9. The van der Waals surface area contributed by atoms with Crippen LogP contribution in [-0.4, -0.2) is 28.3 Å². The standard InChI is InChI=1S/C12H18N4O3S2/c1-4-11-13-14-12(20-11)15-21(18,19)10-5-9(7-17)16(6-10)8(2)3/h5-6,8,17H,4,7H2,1-3H3,(H,14,15). The van der Waals surface area contributed by atoms with Gasteiger partial charge in [0.15, 0.2) is 0 Å². The maximum Gasteiger partial charge on any atom is 0.265 e. The molecule has 7 nitrogen and oxygen atoms in total. The van der Waals surface area contributed by atoms with Gasteiger partial charge in [-0.2, -0.15) is 0 Å². The van der Waals surface area contributed by atoms with E-state index in [1.54, 1.807) is 4.57 Å². The molecule has 0 aliphatic rings. The molecule has 21 heavy (non-hydrogen) atoms. The number of anilines is 1. The first-order chi connectivity index (χ1) is 9.87. The molecule has 0 aromatic carbocycles. The summed E-state index contributed by atoms with van der Waals surface area (Å²) in [5.74, 6) is 0. The van der Waals surface area contributed by atoms with Crippen molar-refractivity contribution in [2.24, 2.45) is 0 Å². The number of hydrogen-bond donors (Lipinski definition) is 2. The molecule has 0 fully saturated rings. The molecule has 0 atom stereocenters. The fourth-order valence-corrected chi connectivity index (χ4v) is 3.82. The molecule has 2 aromatic heterocycles. The molecule has 0 saturated carbocycles. The Hall–Kier alpha value is -1.45. The van der Waals surface area contributed by atoms with E-state index in [2.05, 4.69) is 14.9 Å². The van der Waals surface area contributed by atoms with E-state index in [-0.39, 0.29) is 22.7 Å². The van der Waals surface area contributed by atoms with Crippen LogP contribution >= 0.6 is 11.3 Å². The van der Waals surface area contributed by atoms with Gasteiger partial charge < -0.3 is 9.67 Å². The van der Waals surface area contributed by atoms with Crippen molar-refractivity contribution < 1.29 is 13.5 Å². The van der Waals surface area contributed by atoms with Gasteiger partial charge in [0.2, 0.25) is 5.13 Å². The molecule has 0 saturated heterocycles. The highest BCUT2D eigenvalue weighted by atomic mass is 32.2. The van der Waals surface area contributed by atoms with Crippen molar-refractivity contribution in [3.05, 3.63) is 23.0 Å². The Morgan fingerprint density at radius 1 is 1.43 bits per heavy atom. The van der Waals surface area contributed by atoms with Gasteiger partial charge in [-0.3, -0.25) is 4.72 Å². The molecule has 116 valence electrons. The summed E-state index contributed by atoms with van der Waals surface area (Å²) in [6.45, 7) is 5.55. The van der Waals surface area contributed by atoms with Crippen LogP contribution in [0, 0.1) is 0 Å². The number of nitrogens with zero attached hydrogens (tertiary/aromatic N) is 3. The normalized spacial score (nSPS) is 12.0. The molecule has 0 spiro atoms. The third-order valence-electron chi connectivity index (χ3n) is 2.93. The third-order valence-corrected chi connectivity index (χ3v) is 5.34. The minimum atomic E-state index is -3.73. The quantitative estimate of drug-likeness (QED) is 0.841. The van der Waals surface area contributed by atoms with E-state index in [4.69, 9.17) is 0 Å². The van der Waals surface area contributed by atoms with Crippen LogP contribution in [0.4, 0.5) is 5.13 Å². The number of nitrogens with one attached hydrogen (secondary N) is 1. The lowest BCUT2D eigenvalue weighted by Crippen LogP contribution is -2.12. The molecule has 0 aliphatic heterocycles. The van der Waals surface area contributed by atoms with E-state index in [9.17, 15) is 13.5 Å². The smallest absolute Gasteiger partial charge is 0.265 e. The first-order valence-electron chi connectivity index (χ1n) is 6.54. The van der Waals surface area contributed by atoms with Crippen molar-refractivity contribution in [3.8, 4) is 0 Å². The van der Waals surface area contributed by atoms with Gasteiger partial charge in [0, 0.05) is 17.9 Å². The van der Waals surface area contributed by atoms with E-state index in [1.807, 2.05) is 20.8 Å². The monoisotopic (exact) mass is 330 g/mol. The molecule has 0 aliphatic carbocycles.